The fourth-order valence-corrected chi connectivity index (χ4v) is 2.55. The Morgan fingerprint density at radius 2 is 1.50 bits per heavy atom. The lowest BCUT2D eigenvalue weighted by Gasteiger charge is -2.14. The van der Waals surface area contributed by atoms with Crippen LogP contribution >= 0.6 is 0 Å². The number of nitrogens with zero attached hydrogens (tertiary/aromatic N) is 1. The fourth-order valence-electron chi connectivity index (χ4n) is 2.55. The molecule has 22 heavy (non-hydrogen) atoms. The number of nitrogens with one attached hydrogen (secondary N) is 1. The molecule has 0 aliphatic carbocycles. The summed E-state index contributed by atoms with van der Waals surface area (Å²) in [6, 6.07) is 19.6. The van der Waals surface area contributed by atoms with Crippen molar-refractivity contribution >= 4 is 0 Å². The van der Waals surface area contributed by atoms with Gasteiger partial charge in [-0.1, -0.05) is 61.5 Å². The van der Waals surface area contributed by atoms with Crippen molar-refractivity contribution in [3.05, 3.63) is 60.2 Å². The van der Waals surface area contributed by atoms with E-state index in [9.17, 15) is 0 Å². The Labute approximate surface area is 135 Å². The summed E-state index contributed by atoms with van der Waals surface area (Å²) in [4.78, 5) is 2.21. The van der Waals surface area contributed by atoms with Gasteiger partial charge in [-0.15, -0.1) is 0 Å². The molecule has 0 fully saturated rings. The second-order valence-electron chi connectivity index (χ2n) is 6.23. The molecule has 0 radical (unpaired) electrons. The minimum absolute atomic E-state index is 0.594. The highest BCUT2D eigenvalue weighted by atomic mass is 15.1. The molecule has 2 nitrogen and oxygen atoms in total. The lowest BCUT2D eigenvalue weighted by Crippen LogP contribution is -2.27. The molecule has 0 aliphatic rings. The summed E-state index contributed by atoms with van der Waals surface area (Å²) in [5, 5.41) is 3.51. The molecule has 0 saturated carbocycles. The van der Waals surface area contributed by atoms with Crippen molar-refractivity contribution in [2.75, 3.05) is 33.7 Å². The molecule has 0 spiro atoms. The first-order chi connectivity index (χ1) is 10.7. The van der Waals surface area contributed by atoms with Gasteiger partial charge >= 0.3 is 0 Å². The maximum atomic E-state index is 3.51. The first-order valence-electron chi connectivity index (χ1n) is 8.17. The van der Waals surface area contributed by atoms with Crippen LogP contribution in [0.5, 0.6) is 0 Å². The largest absolute Gasteiger partial charge is 0.315 e. The molecule has 2 aromatic carbocycles. The van der Waals surface area contributed by atoms with Crippen molar-refractivity contribution in [2.45, 2.75) is 19.3 Å². The molecule has 118 valence electrons. The highest BCUT2D eigenvalue weighted by molar-refractivity contribution is 5.63. The van der Waals surface area contributed by atoms with Crippen LogP contribution in [-0.4, -0.2) is 38.6 Å². The van der Waals surface area contributed by atoms with Gasteiger partial charge in [0.15, 0.2) is 0 Å². The Morgan fingerprint density at radius 3 is 2.14 bits per heavy atom. The Hall–Kier alpha value is -1.64. The molecular formula is C20H28N2. The van der Waals surface area contributed by atoms with E-state index in [2.05, 4.69) is 85.8 Å². The van der Waals surface area contributed by atoms with Crippen LogP contribution in [0.15, 0.2) is 54.6 Å². The number of rotatable bonds is 8. The van der Waals surface area contributed by atoms with Crippen LogP contribution in [0.4, 0.5) is 0 Å². The topological polar surface area (TPSA) is 15.3 Å². The molecular weight excluding hydrogens is 268 g/mol. The van der Waals surface area contributed by atoms with Gasteiger partial charge in [-0.3, -0.25) is 0 Å². The van der Waals surface area contributed by atoms with E-state index in [-0.39, 0.29) is 0 Å². The lowest BCUT2D eigenvalue weighted by molar-refractivity contribution is 0.398. The van der Waals surface area contributed by atoms with Crippen molar-refractivity contribution in [1.29, 1.82) is 0 Å². The molecule has 2 heteroatoms. The number of hydrogen-bond acceptors (Lipinski definition) is 2. The third kappa shape index (κ3) is 5.28. The molecule has 2 aromatic rings. The molecule has 0 bridgehead atoms. The van der Waals surface area contributed by atoms with E-state index in [0.29, 0.717) is 5.92 Å². The summed E-state index contributed by atoms with van der Waals surface area (Å²) in [6.07, 6.45) is 1.18. The summed E-state index contributed by atoms with van der Waals surface area (Å²) in [7, 11) is 4.22. The molecule has 1 N–H and O–H groups in total. The minimum atomic E-state index is 0.594. The normalized spacial score (nSPS) is 12.5. The van der Waals surface area contributed by atoms with E-state index in [0.717, 1.165) is 19.6 Å². The van der Waals surface area contributed by atoms with E-state index in [4.69, 9.17) is 0 Å². The number of hydrogen-bond donors (Lipinski definition) is 1. The predicted molar refractivity (Wildman–Crippen MR) is 96.3 cm³/mol. The van der Waals surface area contributed by atoms with Crippen LogP contribution in [0.1, 0.15) is 24.8 Å². The van der Waals surface area contributed by atoms with Crippen LogP contribution in [0.25, 0.3) is 11.1 Å². The Morgan fingerprint density at radius 1 is 0.864 bits per heavy atom. The molecule has 0 aromatic heterocycles. The Bertz CT molecular complexity index is 531. The molecule has 0 saturated heterocycles. The second kappa shape index (κ2) is 8.72. The first-order valence-corrected chi connectivity index (χ1v) is 8.17. The molecule has 1 unspecified atom stereocenters. The van der Waals surface area contributed by atoms with Gasteiger partial charge in [0, 0.05) is 13.1 Å². The minimum Gasteiger partial charge on any atom is -0.315 e. The number of benzene rings is 2. The molecule has 0 heterocycles. The zero-order valence-corrected chi connectivity index (χ0v) is 14.0. The average Bonchev–Trinajstić information content (AvgIpc) is 2.55. The molecule has 1 atom stereocenters. The third-order valence-electron chi connectivity index (χ3n) is 4.08. The SMILES string of the molecule is CC(CCNCCN(C)C)c1ccc(-c2ccccc2)cc1. The maximum Gasteiger partial charge on any atom is 0.0101 e. The highest BCUT2D eigenvalue weighted by Crippen LogP contribution is 2.23. The van der Waals surface area contributed by atoms with Crippen LogP contribution in [0, 0.1) is 0 Å². The van der Waals surface area contributed by atoms with E-state index in [1.165, 1.54) is 23.1 Å². The van der Waals surface area contributed by atoms with Crippen LogP contribution < -0.4 is 5.32 Å². The monoisotopic (exact) mass is 296 g/mol. The van der Waals surface area contributed by atoms with Crippen molar-refractivity contribution in [2.24, 2.45) is 0 Å². The van der Waals surface area contributed by atoms with Gasteiger partial charge in [0.05, 0.1) is 0 Å². The van der Waals surface area contributed by atoms with Gasteiger partial charge in [-0.2, -0.15) is 0 Å². The first kappa shape index (κ1) is 16.7. The van der Waals surface area contributed by atoms with Gasteiger partial charge in [0.25, 0.3) is 0 Å². The standard InChI is InChI=1S/C20H28N2/c1-17(13-14-21-15-16-22(2)3)18-9-11-20(12-10-18)19-7-5-4-6-8-19/h4-12,17,21H,13-16H2,1-3H3. The predicted octanol–water partition coefficient (Wildman–Crippen LogP) is 4.00. The Kier molecular flexibility index (Phi) is 6.63. The number of likely N-dealkylation sites (N-methyl/N-ethyl adjacent to an activating group) is 1. The summed E-state index contributed by atoms with van der Waals surface area (Å²) >= 11 is 0. The van der Waals surface area contributed by atoms with Gasteiger partial charge in [-0.25, -0.2) is 0 Å². The van der Waals surface area contributed by atoms with E-state index >= 15 is 0 Å². The zero-order chi connectivity index (χ0) is 15.8. The Balaban J connectivity index is 1.82. The van der Waals surface area contributed by atoms with Crippen molar-refractivity contribution in [3.8, 4) is 11.1 Å². The zero-order valence-electron chi connectivity index (χ0n) is 14.0. The van der Waals surface area contributed by atoms with Crippen LogP contribution in [-0.2, 0) is 0 Å². The van der Waals surface area contributed by atoms with E-state index < -0.39 is 0 Å². The lowest BCUT2D eigenvalue weighted by atomic mass is 9.95. The van der Waals surface area contributed by atoms with Gasteiger partial charge in [0.1, 0.15) is 0 Å². The second-order valence-corrected chi connectivity index (χ2v) is 6.23. The molecule has 0 amide bonds. The average molecular weight is 296 g/mol. The van der Waals surface area contributed by atoms with Gasteiger partial charge in [-0.05, 0) is 49.7 Å². The summed E-state index contributed by atoms with van der Waals surface area (Å²) in [5.41, 5.74) is 4.00. The smallest absolute Gasteiger partial charge is 0.0101 e. The van der Waals surface area contributed by atoms with E-state index in [1.807, 2.05) is 0 Å². The van der Waals surface area contributed by atoms with Crippen LogP contribution in [0.3, 0.4) is 0 Å². The summed E-state index contributed by atoms with van der Waals surface area (Å²) in [5.74, 6) is 0.594. The van der Waals surface area contributed by atoms with Crippen LogP contribution in [0.2, 0.25) is 0 Å². The van der Waals surface area contributed by atoms with E-state index in [1.54, 1.807) is 0 Å². The molecule has 0 aliphatic heterocycles. The van der Waals surface area contributed by atoms with Crippen molar-refractivity contribution in [3.63, 3.8) is 0 Å². The van der Waals surface area contributed by atoms with Gasteiger partial charge in [0.2, 0.25) is 0 Å². The highest BCUT2D eigenvalue weighted by Gasteiger charge is 2.05. The maximum absolute atomic E-state index is 3.51. The fraction of sp³-hybridized carbons (Fsp3) is 0.400. The summed E-state index contributed by atoms with van der Waals surface area (Å²) < 4.78 is 0. The molecule has 2 rings (SSSR count). The quantitative estimate of drug-likeness (QED) is 0.741. The van der Waals surface area contributed by atoms with Crippen molar-refractivity contribution in [1.82, 2.24) is 10.2 Å². The van der Waals surface area contributed by atoms with Gasteiger partial charge < -0.3 is 10.2 Å². The third-order valence-corrected chi connectivity index (χ3v) is 4.08. The van der Waals surface area contributed by atoms with Crippen molar-refractivity contribution < 1.29 is 0 Å². The summed E-state index contributed by atoms with van der Waals surface area (Å²) in [6.45, 7) is 5.55.